The van der Waals surface area contributed by atoms with Gasteiger partial charge in [0.25, 0.3) is 0 Å². The fourth-order valence-corrected chi connectivity index (χ4v) is 4.04. The van der Waals surface area contributed by atoms with Crippen LogP contribution in [0.15, 0.2) is 24.3 Å². The summed E-state index contributed by atoms with van der Waals surface area (Å²) in [6.45, 7) is 5.80. The lowest BCUT2D eigenvalue weighted by molar-refractivity contribution is 0.166. The fraction of sp³-hybridized carbons (Fsp3) is 0.667. The van der Waals surface area contributed by atoms with Crippen LogP contribution in [-0.4, -0.2) is 30.6 Å². The standard InChI is InChI=1S/C18H28N2/c1-15-4-6-16(7-5-15)18(10-2-3-11-18)14-20-12-8-17(19)9-13-20/h4-7,17H,2-3,8-14,19H2,1H3. The number of hydrogen-bond donors (Lipinski definition) is 1. The molecule has 1 saturated carbocycles. The summed E-state index contributed by atoms with van der Waals surface area (Å²) in [6.07, 6.45) is 7.84. The summed E-state index contributed by atoms with van der Waals surface area (Å²) in [4.78, 5) is 2.66. The highest BCUT2D eigenvalue weighted by Crippen LogP contribution is 2.42. The topological polar surface area (TPSA) is 29.3 Å². The van der Waals surface area contributed by atoms with Crippen LogP contribution in [0.4, 0.5) is 0 Å². The highest BCUT2D eigenvalue weighted by Gasteiger charge is 2.37. The fourth-order valence-electron chi connectivity index (χ4n) is 4.04. The van der Waals surface area contributed by atoms with Crippen LogP contribution in [0.5, 0.6) is 0 Å². The van der Waals surface area contributed by atoms with Gasteiger partial charge in [-0.05, 0) is 51.3 Å². The largest absolute Gasteiger partial charge is 0.328 e. The molecule has 1 saturated heterocycles. The van der Waals surface area contributed by atoms with Crippen molar-refractivity contribution < 1.29 is 0 Å². The number of nitrogens with zero attached hydrogens (tertiary/aromatic N) is 1. The van der Waals surface area contributed by atoms with E-state index >= 15 is 0 Å². The molecule has 0 bridgehead atoms. The zero-order valence-electron chi connectivity index (χ0n) is 12.8. The minimum Gasteiger partial charge on any atom is -0.328 e. The van der Waals surface area contributed by atoms with Gasteiger partial charge in [-0.1, -0.05) is 42.7 Å². The van der Waals surface area contributed by atoms with Gasteiger partial charge in [0.1, 0.15) is 0 Å². The normalized spacial score (nSPS) is 24.1. The third-order valence-electron chi connectivity index (χ3n) is 5.38. The average Bonchev–Trinajstić information content (AvgIpc) is 2.92. The molecule has 0 amide bonds. The Hall–Kier alpha value is -0.860. The zero-order valence-corrected chi connectivity index (χ0v) is 12.8. The second-order valence-electron chi connectivity index (χ2n) is 6.97. The summed E-state index contributed by atoms with van der Waals surface area (Å²) >= 11 is 0. The van der Waals surface area contributed by atoms with Gasteiger partial charge in [-0.15, -0.1) is 0 Å². The monoisotopic (exact) mass is 272 g/mol. The van der Waals surface area contributed by atoms with Gasteiger partial charge in [-0.3, -0.25) is 0 Å². The molecule has 0 aromatic heterocycles. The molecule has 0 radical (unpaired) electrons. The van der Waals surface area contributed by atoms with Crippen molar-refractivity contribution in [3.63, 3.8) is 0 Å². The van der Waals surface area contributed by atoms with E-state index < -0.39 is 0 Å². The van der Waals surface area contributed by atoms with Crippen LogP contribution in [0.25, 0.3) is 0 Å². The summed E-state index contributed by atoms with van der Waals surface area (Å²) in [7, 11) is 0. The number of hydrogen-bond acceptors (Lipinski definition) is 2. The predicted molar refractivity (Wildman–Crippen MR) is 85.0 cm³/mol. The van der Waals surface area contributed by atoms with Crippen LogP contribution in [0.1, 0.15) is 49.7 Å². The zero-order chi connectivity index (χ0) is 14.0. The van der Waals surface area contributed by atoms with Crippen LogP contribution in [0, 0.1) is 6.92 Å². The second-order valence-corrected chi connectivity index (χ2v) is 6.97. The first-order chi connectivity index (χ1) is 9.68. The molecule has 2 heteroatoms. The smallest absolute Gasteiger partial charge is 0.00803 e. The summed E-state index contributed by atoms with van der Waals surface area (Å²) in [5, 5.41) is 0. The number of rotatable bonds is 3. The maximum absolute atomic E-state index is 6.04. The van der Waals surface area contributed by atoms with Crippen molar-refractivity contribution in [2.75, 3.05) is 19.6 Å². The van der Waals surface area contributed by atoms with E-state index in [4.69, 9.17) is 5.73 Å². The van der Waals surface area contributed by atoms with E-state index in [1.807, 2.05) is 0 Å². The number of nitrogens with two attached hydrogens (primary N) is 1. The number of aryl methyl sites for hydroxylation is 1. The van der Waals surface area contributed by atoms with E-state index in [2.05, 4.69) is 36.1 Å². The van der Waals surface area contributed by atoms with Gasteiger partial charge < -0.3 is 10.6 Å². The number of likely N-dealkylation sites (tertiary alicyclic amines) is 1. The molecule has 110 valence electrons. The molecule has 1 aromatic carbocycles. The Labute approximate surface area is 123 Å². The van der Waals surface area contributed by atoms with E-state index in [1.54, 1.807) is 5.56 Å². The quantitative estimate of drug-likeness (QED) is 0.915. The first kappa shape index (κ1) is 14.1. The van der Waals surface area contributed by atoms with E-state index in [0.29, 0.717) is 11.5 Å². The van der Waals surface area contributed by atoms with Crippen molar-refractivity contribution in [2.24, 2.45) is 5.73 Å². The molecule has 2 nitrogen and oxygen atoms in total. The molecule has 2 fully saturated rings. The Morgan fingerprint density at radius 1 is 1.10 bits per heavy atom. The molecule has 0 spiro atoms. The SMILES string of the molecule is Cc1ccc(C2(CN3CCC(N)CC3)CCCC2)cc1. The highest BCUT2D eigenvalue weighted by atomic mass is 15.1. The molecule has 0 atom stereocenters. The minimum absolute atomic E-state index is 0.412. The molecule has 1 aliphatic carbocycles. The lowest BCUT2D eigenvalue weighted by Gasteiger charge is -2.39. The second kappa shape index (κ2) is 5.87. The Morgan fingerprint density at radius 3 is 2.30 bits per heavy atom. The Morgan fingerprint density at radius 2 is 1.70 bits per heavy atom. The summed E-state index contributed by atoms with van der Waals surface area (Å²) in [5.41, 5.74) is 9.38. The maximum atomic E-state index is 6.04. The Bertz CT molecular complexity index is 423. The maximum Gasteiger partial charge on any atom is 0.00803 e. The minimum atomic E-state index is 0.412. The summed E-state index contributed by atoms with van der Waals surface area (Å²) in [6, 6.07) is 9.74. The van der Waals surface area contributed by atoms with E-state index in [9.17, 15) is 0 Å². The van der Waals surface area contributed by atoms with Gasteiger partial charge in [0.2, 0.25) is 0 Å². The molecule has 2 aliphatic rings. The predicted octanol–water partition coefficient (Wildman–Crippen LogP) is 3.23. The van der Waals surface area contributed by atoms with Crippen molar-refractivity contribution in [1.82, 2.24) is 4.90 Å². The molecule has 1 heterocycles. The van der Waals surface area contributed by atoms with Crippen LogP contribution in [-0.2, 0) is 5.41 Å². The Balaban J connectivity index is 1.76. The van der Waals surface area contributed by atoms with Crippen molar-refractivity contribution in [3.8, 4) is 0 Å². The third-order valence-corrected chi connectivity index (χ3v) is 5.38. The van der Waals surface area contributed by atoms with Gasteiger partial charge in [0, 0.05) is 18.0 Å². The van der Waals surface area contributed by atoms with Crippen molar-refractivity contribution in [1.29, 1.82) is 0 Å². The van der Waals surface area contributed by atoms with Crippen molar-refractivity contribution in [3.05, 3.63) is 35.4 Å². The molecule has 0 unspecified atom stereocenters. The van der Waals surface area contributed by atoms with Crippen molar-refractivity contribution >= 4 is 0 Å². The van der Waals surface area contributed by atoms with Crippen LogP contribution in [0.2, 0.25) is 0 Å². The third kappa shape index (κ3) is 2.91. The molecular formula is C18H28N2. The highest BCUT2D eigenvalue weighted by molar-refractivity contribution is 5.30. The van der Waals surface area contributed by atoms with Gasteiger partial charge in [0.15, 0.2) is 0 Å². The summed E-state index contributed by atoms with van der Waals surface area (Å²) < 4.78 is 0. The lowest BCUT2D eigenvalue weighted by atomic mass is 9.77. The van der Waals surface area contributed by atoms with Gasteiger partial charge in [-0.25, -0.2) is 0 Å². The molecule has 20 heavy (non-hydrogen) atoms. The molecule has 3 rings (SSSR count). The van der Waals surface area contributed by atoms with Gasteiger partial charge >= 0.3 is 0 Å². The Kier molecular flexibility index (Phi) is 4.13. The van der Waals surface area contributed by atoms with Crippen LogP contribution >= 0.6 is 0 Å². The number of benzene rings is 1. The van der Waals surface area contributed by atoms with Gasteiger partial charge in [-0.2, -0.15) is 0 Å². The van der Waals surface area contributed by atoms with Gasteiger partial charge in [0.05, 0.1) is 0 Å². The van der Waals surface area contributed by atoms with E-state index in [1.165, 1.54) is 63.7 Å². The molecule has 1 aromatic rings. The van der Waals surface area contributed by atoms with Crippen molar-refractivity contribution in [2.45, 2.75) is 56.9 Å². The number of piperidine rings is 1. The van der Waals surface area contributed by atoms with E-state index in [-0.39, 0.29) is 0 Å². The first-order valence-electron chi connectivity index (χ1n) is 8.23. The van der Waals surface area contributed by atoms with Crippen LogP contribution in [0.3, 0.4) is 0 Å². The van der Waals surface area contributed by atoms with Crippen LogP contribution < -0.4 is 5.73 Å². The molecule has 2 N–H and O–H groups in total. The lowest BCUT2D eigenvalue weighted by Crippen LogP contribution is -2.46. The van der Waals surface area contributed by atoms with E-state index in [0.717, 1.165) is 0 Å². The average molecular weight is 272 g/mol. The molecular weight excluding hydrogens is 244 g/mol. The first-order valence-corrected chi connectivity index (χ1v) is 8.23. The molecule has 1 aliphatic heterocycles. The summed E-state index contributed by atoms with van der Waals surface area (Å²) in [5.74, 6) is 0.